The van der Waals surface area contributed by atoms with Gasteiger partial charge >= 0.3 is 0 Å². The van der Waals surface area contributed by atoms with Crippen LogP contribution in [0.5, 0.6) is 5.75 Å². The molecule has 1 saturated heterocycles. The lowest BCUT2D eigenvalue weighted by molar-refractivity contribution is -0.117. The highest BCUT2D eigenvalue weighted by atomic mass is 16.5. The smallest absolute Gasteiger partial charge is 0.241 e. The molecule has 3 atom stereocenters. The molecule has 21 heavy (non-hydrogen) atoms. The Morgan fingerprint density at radius 1 is 1.29 bits per heavy atom. The lowest BCUT2D eigenvalue weighted by Gasteiger charge is -2.24. The van der Waals surface area contributed by atoms with E-state index in [0.717, 1.165) is 30.9 Å². The minimum atomic E-state index is -0.0254. The van der Waals surface area contributed by atoms with Gasteiger partial charge in [0.2, 0.25) is 5.91 Å². The number of hydrogen-bond acceptors (Lipinski definition) is 3. The fraction of sp³-hybridized carbons (Fsp3) is 0.588. The van der Waals surface area contributed by atoms with Crippen molar-refractivity contribution < 1.29 is 9.53 Å². The lowest BCUT2D eigenvalue weighted by atomic mass is 9.85. The largest absolute Gasteiger partial charge is 0.493 e. The zero-order valence-electron chi connectivity index (χ0n) is 12.2. The maximum Gasteiger partial charge on any atom is 0.241 e. The Morgan fingerprint density at radius 2 is 2.19 bits per heavy atom. The first-order valence-electron chi connectivity index (χ1n) is 8.12. The van der Waals surface area contributed by atoms with Gasteiger partial charge < -0.3 is 15.4 Å². The molecule has 0 radical (unpaired) electrons. The Labute approximate surface area is 125 Å². The molecule has 1 aromatic rings. The molecule has 1 saturated carbocycles. The van der Waals surface area contributed by atoms with Crippen molar-refractivity contribution in [1.82, 2.24) is 5.32 Å². The minimum Gasteiger partial charge on any atom is -0.493 e. The fourth-order valence-corrected chi connectivity index (χ4v) is 4.01. The van der Waals surface area contributed by atoms with E-state index < -0.39 is 0 Å². The van der Waals surface area contributed by atoms with Gasteiger partial charge in [-0.05, 0) is 48.9 Å². The number of benzene rings is 1. The summed E-state index contributed by atoms with van der Waals surface area (Å²) < 4.78 is 5.50. The van der Waals surface area contributed by atoms with Crippen LogP contribution in [0.15, 0.2) is 18.2 Å². The predicted molar refractivity (Wildman–Crippen MR) is 81.6 cm³/mol. The maximum absolute atomic E-state index is 12.5. The van der Waals surface area contributed by atoms with Gasteiger partial charge in [-0.25, -0.2) is 0 Å². The van der Waals surface area contributed by atoms with Crippen LogP contribution in [0.3, 0.4) is 0 Å². The number of amides is 1. The minimum absolute atomic E-state index is 0.0254. The van der Waals surface area contributed by atoms with Gasteiger partial charge in [-0.2, -0.15) is 0 Å². The van der Waals surface area contributed by atoms with Crippen molar-refractivity contribution in [3.05, 3.63) is 23.8 Å². The molecule has 1 aromatic carbocycles. The van der Waals surface area contributed by atoms with Crippen LogP contribution in [0.2, 0.25) is 0 Å². The van der Waals surface area contributed by atoms with Gasteiger partial charge in [0.05, 0.1) is 12.6 Å². The monoisotopic (exact) mass is 286 g/mol. The maximum atomic E-state index is 12.5. The normalized spacial score (nSPS) is 30.4. The van der Waals surface area contributed by atoms with E-state index in [1.165, 1.54) is 31.2 Å². The summed E-state index contributed by atoms with van der Waals surface area (Å²) in [5.74, 6) is 1.77. The third-order valence-corrected chi connectivity index (χ3v) is 5.14. The summed E-state index contributed by atoms with van der Waals surface area (Å²) in [6.45, 7) is 0.750. The summed E-state index contributed by atoms with van der Waals surface area (Å²) >= 11 is 0. The number of nitrogens with one attached hydrogen (secondary N) is 2. The SMILES string of the molecule is O=C(Nc1ccc2c(c1)CCO2)C1CC2CCCCC2N1. The summed E-state index contributed by atoms with van der Waals surface area (Å²) in [5, 5.41) is 6.59. The Balaban J connectivity index is 1.42. The van der Waals surface area contributed by atoms with Crippen LogP contribution in [-0.4, -0.2) is 24.6 Å². The highest BCUT2D eigenvalue weighted by Crippen LogP contribution is 2.34. The van der Waals surface area contributed by atoms with Crippen LogP contribution in [0.25, 0.3) is 0 Å². The molecule has 3 aliphatic rings. The first-order valence-corrected chi connectivity index (χ1v) is 8.12. The van der Waals surface area contributed by atoms with Crippen molar-refractivity contribution in [2.24, 2.45) is 5.92 Å². The van der Waals surface area contributed by atoms with E-state index in [1.807, 2.05) is 18.2 Å². The molecule has 0 aromatic heterocycles. The second-order valence-electron chi connectivity index (χ2n) is 6.52. The Bertz CT molecular complexity index is 544. The van der Waals surface area contributed by atoms with Crippen molar-refractivity contribution in [1.29, 1.82) is 0 Å². The van der Waals surface area contributed by atoms with Gasteiger partial charge in [-0.1, -0.05) is 12.8 Å². The molecule has 1 aliphatic carbocycles. The molecule has 3 unspecified atom stereocenters. The van der Waals surface area contributed by atoms with Gasteiger partial charge in [0.15, 0.2) is 0 Å². The quantitative estimate of drug-likeness (QED) is 0.878. The lowest BCUT2D eigenvalue weighted by Crippen LogP contribution is -2.39. The Hall–Kier alpha value is -1.55. The van der Waals surface area contributed by atoms with Crippen LogP contribution in [0.1, 0.15) is 37.7 Å². The number of carbonyl (C=O) groups excluding carboxylic acids is 1. The number of carbonyl (C=O) groups is 1. The number of ether oxygens (including phenoxy) is 1. The second kappa shape index (κ2) is 5.34. The summed E-state index contributed by atoms with van der Waals surface area (Å²) in [7, 11) is 0. The average molecular weight is 286 g/mol. The molecule has 4 heteroatoms. The second-order valence-corrected chi connectivity index (χ2v) is 6.52. The van der Waals surface area contributed by atoms with Crippen LogP contribution < -0.4 is 15.4 Å². The topological polar surface area (TPSA) is 50.4 Å². The zero-order chi connectivity index (χ0) is 14.2. The highest BCUT2D eigenvalue weighted by molar-refractivity contribution is 5.95. The molecule has 2 N–H and O–H groups in total. The van der Waals surface area contributed by atoms with Gasteiger partial charge in [0, 0.05) is 18.2 Å². The molecule has 2 aliphatic heterocycles. The predicted octanol–water partition coefficient (Wildman–Crippen LogP) is 2.48. The van der Waals surface area contributed by atoms with E-state index in [1.54, 1.807) is 0 Å². The van der Waals surface area contributed by atoms with E-state index in [-0.39, 0.29) is 11.9 Å². The molecule has 2 fully saturated rings. The summed E-state index contributed by atoms with van der Waals surface area (Å²) in [6.07, 6.45) is 7.05. The Morgan fingerprint density at radius 3 is 3.10 bits per heavy atom. The van der Waals surface area contributed by atoms with E-state index in [4.69, 9.17) is 4.74 Å². The molecular weight excluding hydrogens is 264 g/mol. The van der Waals surface area contributed by atoms with E-state index in [0.29, 0.717) is 12.0 Å². The molecular formula is C17H22N2O2. The summed E-state index contributed by atoms with van der Waals surface area (Å²) in [5.41, 5.74) is 2.08. The zero-order valence-corrected chi connectivity index (χ0v) is 12.2. The molecule has 1 amide bonds. The fourth-order valence-electron chi connectivity index (χ4n) is 4.01. The van der Waals surface area contributed by atoms with Crippen LogP contribution in [0, 0.1) is 5.92 Å². The van der Waals surface area contributed by atoms with Gasteiger partial charge in [0.1, 0.15) is 5.75 Å². The number of hydrogen-bond donors (Lipinski definition) is 2. The molecule has 4 rings (SSSR count). The van der Waals surface area contributed by atoms with Crippen molar-refractivity contribution in [3.8, 4) is 5.75 Å². The number of fused-ring (bicyclic) bond motifs is 2. The highest BCUT2D eigenvalue weighted by Gasteiger charge is 2.38. The molecule has 0 bridgehead atoms. The third kappa shape index (κ3) is 2.53. The standard InChI is InChI=1S/C17H22N2O2/c20-17(15-10-11-3-1-2-4-14(11)19-15)18-13-5-6-16-12(9-13)7-8-21-16/h5-6,9,11,14-15,19H,1-4,7-8,10H2,(H,18,20). The van der Waals surface area contributed by atoms with Crippen molar-refractivity contribution in [2.75, 3.05) is 11.9 Å². The Kier molecular flexibility index (Phi) is 3.34. The number of anilines is 1. The van der Waals surface area contributed by atoms with E-state index in [9.17, 15) is 4.79 Å². The van der Waals surface area contributed by atoms with Crippen LogP contribution in [0.4, 0.5) is 5.69 Å². The first kappa shape index (κ1) is 13.1. The van der Waals surface area contributed by atoms with Crippen LogP contribution >= 0.6 is 0 Å². The van der Waals surface area contributed by atoms with Gasteiger partial charge in [-0.3, -0.25) is 4.79 Å². The van der Waals surface area contributed by atoms with E-state index in [2.05, 4.69) is 10.6 Å². The molecule has 4 nitrogen and oxygen atoms in total. The van der Waals surface area contributed by atoms with E-state index >= 15 is 0 Å². The molecule has 112 valence electrons. The summed E-state index contributed by atoms with van der Waals surface area (Å²) in [6, 6.07) is 6.47. The van der Waals surface area contributed by atoms with Crippen LogP contribution in [-0.2, 0) is 11.2 Å². The van der Waals surface area contributed by atoms with Crippen molar-refractivity contribution in [2.45, 2.75) is 50.6 Å². The van der Waals surface area contributed by atoms with Crippen molar-refractivity contribution >= 4 is 11.6 Å². The first-order chi connectivity index (χ1) is 10.3. The summed E-state index contributed by atoms with van der Waals surface area (Å²) in [4.78, 5) is 12.5. The van der Waals surface area contributed by atoms with Gasteiger partial charge in [0.25, 0.3) is 0 Å². The average Bonchev–Trinajstić information content (AvgIpc) is 3.13. The molecule has 0 spiro atoms. The third-order valence-electron chi connectivity index (χ3n) is 5.14. The molecule has 2 heterocycles. The number of rotatable bonds is 2. The van der Waals surface area contributed by atoms with Gasteiger partial charge in [-0.15, -0.1) is 0 Å². The van der Waals surface area contributed by atoms with Crippen molar-refractivity contribution in [3.63, 3.8) is 0 Å².